The Bertz CT molecular complexity index is 215. The predicted molar refractivity (Wildman–Crippen MR) is 48.6 cm³/mol. The van der Waals surface area contributed by atoms with Crippen LogP contribution in [0.1, 0.15) is 27.2 Å². The molecule has 0 aliphatic carbocycles. The van der Waals surface area contributed by atoms with E-state index in [-0.39, 0.29) is 12.0 Å². The topological polar surface area (TPSA) is 60.8 Å². The average Bonchev–Trinajstić information content (AvgIpc) is 1.95. The zero-order valence-corrected chi connectivity index (χ0v) is 8.32. The highest BCUT2D eigenvalue weighted by atomic mass is 16.4. The van der Waals surface area contributed by atoms with Gasteiger partial charge in [-0.1, -0.05) is 6.92 Å². The normalized spacial score (nSPS) is 40.5. The maximum Gasteiger partial charge on any atom is 0.407 e. The molecule has 76 valence electrons. The lowest BCUT2D eigenvalue weighted by molar-refractivity contribution is -0.0636. The largest absolute Gasteiger partial charge is 0.465 e. The highest BCUT2D eigenvalue weighted by Gasteiger charge is 2.40. The van der Waals surface area contributed by atoms with Crippen molar-refractivity contribution < 1.29 is 15.0 Å². The number of rotatable bonds is 0. The standard InChI is InChI=1S/C9H17NO3/c1-6-5-10(8(11)12)7(2)4-9(6,3)13/h6-7,13H,4-5H2,1-3H3,(H,11,12)/t6-,7-,9?/m0/s1. The number of amides is 1. The lowest BCUT2D eigenvalue weighted by atomic mass is 9.81. The SMILES string of the molecule is C[C@H]1CC(C)(O)[C@@H](C)CN1C(=O)O. The first kappa shape index (κ1) is 10.3. The third-order valence-corrected chi connectivity index (χ3v) is 3.02. The van der Waals surface area contributed by atoms with Crippen LogP contribution in [-0.4, -0.2) is 39.4 Å². The van der Waals surface area contributed by atoms with Gasteiger partial charge in [0.1, 0.15) is 0 Å². The molecule has 1 saturated heterocycles. The van der Waals surface area contributed by atoms with E-state index >= 15 is 0 Å². The van der Waals surface area contributed by atoms with Crippen LogP contribution in [0.15, 0.2) is 0 Å². The van der Waals surface area contributed by atoms with Gasteiger partial charge in [-0.3, -0.25) is 0 Å². The van der Waals surface area contributed by atoms with Gasteiger partial charge in [-0.05, 0) is 20.3 Å². The van der Waals surface area contributed by atoms with Crippen LogP contribution in [0.3, 0.4) is 0 Å². The van der Waals surface area contributed by atoms with E-state index in [0.717, 1.165) is 0 Å². The maximum atomic E-state index is 10.8. The van der Waals surface area contributed by atoms with Crippen molar-refractivity contribution >= 4 is 6.09 Å². The number of hydrogen-bond acceptors (Lipinski definition) is 2. The van der Waals surface area contributed by atoms with E-state index in [4.69, 9.17) is 5.11 Å². The third kappa shape index (κ3) is 1.94. The van der Waals surface area contributed by atoms with Crippen molar-refractivity contribution in [2.45, 2.75) is 38.8 Å². The highest BCUT2D eigenvalue weighted by molar-refractivity contribution is 5.65. The third-order valence-electron chi connectivity index (χ3n) is 3.02. The van der Waals surface area contributed by atoms with Gasteiger partial charge < -0.3 is 15.1 Å². The van der Waals surface area contributed by atoms with Crippen LogP contribution in [0.25, 0.3) is 0 Å². The molecular weight excluding hydrogens is 170 g/mol. The lowest BCUT2D eigenvalue weighted by Crippen LogP contribution is -2.54. The van der Waals surface area contributed by atoms with E-state index in [1.165, 1.54) is 4.90 Å². The molecule has 0 radical (unpaired) electrons. The molecule has 1 amide bonds. The quantitative estimate of drug-likeness (QED) is 0.598. The summed E-state index contributed by atoms with van der Waals surface area (Å²) in [5.41, 5.74) is -0.731. The van der Waals surface area contributed by atoms with Gasteiger partial charge in [-0.25, -0.2) is 4.79 Å². The minimum absolute atomic E-state index is 0.000185. The summed E-state index contributed by atoms with van der Waals surface area (Å²) in [4.78, 5) is 12.2. The summed E-state index contributed by atoms with van der Waals surface area (Å²) < 4.78 is 0. The molecule has 4 nitrogen and oxygen atoms in total. The molecule has 1 heterocycles. The van der Waals surface area contributed by atoms with E-state index in [0.29, 0.717) is 13.0 Å². The Labute approximate surface area is 78.2 Å². The summed E-state index contributed by atoms with van der Waals surface area (Å²) in [6.45, 7) is 5.90. The van der Waals surface area contributed by atoms with Crippen LogP contribution in [0.2, 0.25) is 0 Å². The first-order valence-corrected chi connectivity index (χ1v) is 4.56. The second-order valence-electron chi connectivity index (χ2n) is 4.25. The van der Waals surface area contributed by atoms with Crippen molar-refractivity contribution in [1.82, 2.24) is 4.90 Å². The molecule has 1 unspecified atom stereocenters. The molecule has 3 atom stereocenters. The van der Waals surface area contributed by atoms with Gasteiger partial charge >= 0.3 is 6.09 Å². The van der Waals surface area contributed by atoms with Gasteiger partial charge in [-0.15, -0.1) is 0 Å². The van der Waals surface area contributed by atoms with Crippen molar-refractivity contribution in [3.8, 4) is 0 Å². The fraction of sp³-hybridized carbons (Fsp3) is 0.889. The molecule has 0 spiro atoms. The minimum Gasteiger partial charge on any atom is -0.465 e. The molecule has 0 aromatic rings. The van der Waals surface area contributed by atoms with E-state index in [9.17, 15) is 9.90 Å². The zero-order chi connectivity index (χ0) is 10.2. The Morgan fingerprint density at radius 2 is 2.08 bits per heavy atom. The fourth-order valence-electron chi connectivity index (χ4n) is 1.85. The first-order chi connectivity index (χ1) is 5.84. The molecule has 0 saturated carbocycles. The molecule has 1 fully saturated rings. The van der Waals surface area contributed by atoms with Crippen LogP contribution in [0.5, 0.6) is 0 Å². The van der Waals surface area contributed by atoms with Gasteiger partial charge in [0.05, 0.1) is 5.60 Å². The number of carboxylic acid groups (broad SMARTS) is 1. The van der Waals surface area contributed by atoms with Crippen LogP contribution in [0.4, 0.5) is 4.79 Å². The number of aliphatic hydroxyl groups is 1. The molecular formula is C9H17NO3. The molecule has 0 bridgehead atoms. The summed E-state index contributed by atoms with van der Waals surface area (Å²) in [6, 6.07) is -0.0938. The van der Waals surface area contributed by atoms with Crippen LogP contribution in [0, 0.1) is 5.92 Å². The molecule has 2 N–H and O–H groups in total. The van der Waals surface area contributed by atoms with Gasteiger partial charge in [0.25, 0.3) is 0 Å². The lowest BCUT2D eigenvalue weighted by Gasteiger charge is -2.43. The number of nitrogens with zero attached hydrogens (tertiary/aromatic N) is 1. The molecule has 1 rings (SSSR count). The van der Waals surface area contributed by atoms with Crippen LogP contribution >= 0.6 is 0 Å². The van der Waals surface area contributed by atoms with Gasteiger partial charge in [0.2, 0.25) is 0 Å². The highest BCUT2D eigenvalue weighted by Crippen LogP contribution is 2.30. The van der Waals surface area contributed by atoms with Crippen molar-refractivity contribution in [1.29, 1.82) is 0 Å². The van der Waals surface area contributed by atoms with Crippen molar-refractivity contribution in [2.24, 2.45) is 5.92 Å². The second-order valence-corrected chi connectivity index (χ2v) is 4.25. The molecule has 4 heteroatoms. The summed E-state index contributed by atoms with van der Waals surface area (Å²) in [6.07, 6.45) is -0.379. The fourth-order valence-corrected chi connectivity index (χ4v) is 1.85. The van der Waals surface area contributed by atoms with E-state index in [2.05, 4.69) is 0 Å². The molecule has 13 heavy (non-hydrogen) atoms. The zero-order valence-electron chi connectivity index (χ0n) is 8.32. The molecule has 1 aliphatic rings. The summed E-state index contributed by atoms with van der Waals surface area (Å²) >= 11 is 0. The van der Waals surface area contributed by atoms with E-state index in [1.54, 1.807) is 6.92 Å². The number of hydrogen-bond donors (Lipinski definition) is 2. The molecule has 0 aromatic heterocycles. The predicted octanol–water partition coefficient (Wildman–Crippen LogP) is 1.15. The first-order valence-electron chi connectivity index (χ1n) is 4.56. The Morgan fingerprint density at radius 1 is 1.54 bits per heavy atom. The van der Waals surface area contributed by atoms with Crippen LogP contribution < -0.4 is 0 Å². The number of likely N-dealkylation sites (tertiary alicyclic amines) is 1. The van der Waals surface area contributed by atoms with Gasteiger partial charge in [-0.2, -0.15) is 0 Å². The van der Waals surface area contributed by atoms with Gasteiger partial charge in [0, 0.05) is 18.5 Å². The Balaban J connectivity index is 2.73. The monoisotopic (exact) mass is 187 g/mol. The second kappa shape index (κ2) is 3.18. The summed E-state index contributed by atoms with van der Waals surface area (Å²) in [5, 5.41) is 18.7. The van der Waals surface area contributed by atoms with Crippen molar-refractivity contribution in [2.75, 3.05) is 6.54 Å². The number of carbonyl (C=O) groups is 1. The molecule has 0 aromatic carbocycles. The van der Waals surface area contributed by atoms with Crippen LogP contribution in [-0.2, 0) is 0 Å². The van der Waals surface area contributed by atoms with E-state index < -0.39 is 11.7 Å². The smallest absolute Gasteiger partial charge is 0.407 e. The Kier molecular flexibility index (Phi) is 2.52. The maximum absolute atomic E-state index is 10.8. The molecule has 1 aliphatic heterocycles. The Hall–Kier alpha value is -0.770. The summed E-state index contributed by atoms with van der Waals surface area (Å²) in [5.74, 6) is -0.000185. The van der Waals surface area contributed by atoms with Gasteiger partial charge in [0.15, 0.2) is 0 Å². The Morgan fingerprint density at radius 3 is 2.54 bits per heavy atom. The summed E-state index contributed by atoms with van der Waals surface area (Å²) in [7, 11) is 0. The van der Waals surface area contributed by atoms with Crippen molar-refractivity contribution in [3.05, 3.63) is 0 Å². The van der Waals surface area contributed by atoms with E-state index in [1.807, 2.05) is 13.8 Å². The average molecular weight is 187 g/mol. The van der Waals surface area contributed by atoms with Crippen molar-refractivity contribution in [3.63, 3.8) is 0 Å². The number of piperidine rings is 1. The minimum atomic E-state index is -0.894.